The molecule has 0 aliphatic carbocycles. The van der Waals surface area contributed by atoms with Gasteiger partial charge in [0, 0.05) is 17.8 Å². The monoisotopic (exact) mass is 325 g/mol. The second-order valence-electron chi connectivity index (χ2n) is 5.03. The number of nitrogens with zero attached hydrogens (tertiary/aromatic N) is 1. The Balaban J connectivity index is 2.01. The van der Waals surface area contributed by atoms with Crippen LogP contribution in [-0.2, 0) is 12.6 Å². The summed E-state index contributed by atoms with van der Waals surface area (Å²) >= 11 is 5.61. The number of carbonyl (C=O) groups excluding carboxylic acids is 1. The number of halogens is 4. The third-order valence-electron chi connectivity index (χ3n) is 3.66. The second kappa shape index (κ2) is 5.32. The summed E-state index contributed by atoms with van der Waals surface area (Å²) in [6.45, 7) is 0.342. The number of hydrogen-bond acceptors (Lipinski definition) is 1. The minimum atomic E-state index is -4.55. The van der Waals surface area contributed by atoms with Gasteiger partial charge in [-0.25, -0.2) is 0 Å². The summed E-state index contributed by atoms with van der Waals surface area (Å²) in [6.07, 6.45) is -3.95. The zero-order valence-corrected chi connectivity index (χ0v) is 12.1. The van der Waals surface area contributed by atoms with Crippen LogP contribution < -0.4 is 4.90 Å². The van der Waals surface area contributed by atoms with Gasteiger partial charge in [0.05, 0.1) is 10.6 Å². The van der Waals surface area contributed by atoms with Crippen LogP contribution in [0.3, 0.4) is 0 Å². The highest BCUT2D eigenvalue weighted by molar-refractivity contribution is 6.31. The molecule has 0 atom stereocenters. The lowest BCUT2D eigenvalue weighted by Gasteiger charge is -2.29. The number of rotatable bonds is 1. The maximum atomic E-state index is 12.9. The SMILES string of the molecule is O=C1c2ccccc2CCN1c1ccc(Cl)c(C(F)(F)F)c1. The summed E-state index contributed by atoms with van der Waals surface area (Å²) in [7, 11) is 0. The van der Waals surface area contributed by atoms with Crippen LogP contribution in [0.2, 0.25) is 5.02 Å². The number of fused-ring (bicyclic) bond motifs is 1. The van der Waals surface area contributed by atoms with E-state index in [1.54, 1.807) is 12.1 Å². The van der Waals surface area contributed by atoms with Crippen molar-refractivity contribution >= 4 is 23.2 Å². The minimum absolute atomic E-state index is 0.205. The van der Waals surface area contributed by atoms with Gasteiger partial charge in [0.25, 0.3) is 5.91 Å². The smallest absolute Gasteiger partial charge is 0.308 e. The Morgan fingerprint density at radius 2 is 1.82 bits per heavy atom. The number of anilines is 1. The molecule has 2 aromatic carbocycles. The fraction of sp³-hybridized carbons (Fsp3) is 0.188. The Kier molecular flexibility index (Phi) is 3.60. The van der Waals surface area contributed by atoms with Gasteiger partial charge >= 0.3 is 6.18 Å². The summed E-state index contributed by atoms with van der Waals surface area (Å²) in [5.41, 5.74) is 0.709. The molecule has 0 saturated heterocycles. The highest BCUT2D eigenvalue weighted by Crippen LogP contribution is 2.37. The summed E-state index contributed by atoms with van der Waals surface area (Å²) in [5.74, 6) is -0.294. The number of carbonyl (C=O) groups is 1. The number of amides is 1. The van der Waals surface area contributed by atoms with Crippen LogP contribution in [0.4, 0.5) is 18.9 Å². The van der Waals surface area contributed by atoms with E-state index < -0.39 is 11.7 Å². The first-order valence-electron chi connectivity index (χ1n) is 6.64. The van der Waals surface area contributed by atoms with Crippen LogP contribution in [0.15, 0.2) is 42.5 Å². The van der Waals surface area contributed by atoms with Gasteiger partial charge in [0.2, 0.25) is 0 Å². The minimum Gasteiger partial charge on any atom is -0.308 e. The third kappa shape index (κ3) is 2.57. The van der Waals surface area contributed by atoms with Crippen molar-refractivity contribution in [3.8, 4) is 0 Å². The van der Waals surface area contributed by atoms with Crippen molar-refractivity contribution in [3.05, 3.63) is 64.2 Å². The molecule has 22 heavy (non-hydrogen) atoms. The molecule has 1 aliphatic heterocycles. The molecule has 0 unspecified atom stereocenters. The first-order valence-corrected chi connectivity index (χ1v) is 7.02. The summed E-state index contributed by atoms with van der Waals surface area (Å²) < 4.78 is 38.8. The number of benzene rings is 2. The molecule has 0 fully saturated rings. The topological polar surface area (TPSA) is 20.3 Å². The second-order valence-corrected chi connectivity index (χ2v) is 5.43. The summed E-state index contributed by atoms with van der Waals surface area (Å²) in [5, 5.41) is -0.374. The molecule has 0 spiro atoms. The van der Waals surface area contributed by atoms with Crippen molar-refractivity contribution in [2.24, 2.45) is 0 Å². The molecule has 0 N–H and O–H groups in total. The molecule has 3 rings (SSSR count). The van der Waals surface area contributed by atoms with Gasteiger partial charge in [-0.05, 0) is 36.2 Å². The lowest BCUT2D eigenvalue weighted by atomic mass is 9.98. The number of hydrogen-bond donors (Lipinski definition) is 0. The van der Waals surface area contributed by atoms with E-state index in [9.17, 15) is 18.0 Å². The molecule has 1 aliphatic rings. The van der Waals surface area contributed by atoms with E-state index in [0.717, 1.165) is 11.6 Å². The van der Waals surface area contributed by atoms with E-state index >= 15 is 0 Å². The first kappa shape index (κ1) is 14.9. The van der Waals surface area contributed by atoms with Crippen molar-refractivity contribution in [1.82, 2.24) is 0 Å². The highest BCUT2D eigenvalue weighted by Gasteiger charge is 2.34. The average Bonchev–Trinajstić information content (AvgIpc) is 2.48. The van der Waals surface area contributed by atoms with E-state index in [0.29, 0.717) is 18.5 Å². The van der Waals surface area contributed by atoms with E-state index in [2.05, 4.69) is 0 Å². The van der Waals surface area contributed by atoms with Crippen LogP contribution in [0, 0.1) is 0 Å². The van der Waals surface area contributed by atoms with Gasteiger partial charge in [-0.2, -0.15) is 13.2 Å². The Hall–Kier alpha value is -2.01. The van der Waals surface area contributed by atoms with Gasteiger partial charge < -0.3 is 4.90 Å². The van der Waals surface area contributed by atoms with E-state index in [1.807, 2.05) is 12.1 Å². The molecule has 0 bridgehead atoms. The summed E-state index contributed by atoms with van der Waals surface area (Å²) in [4.78, 5) is 13.8. The highest BCUT2D eigenvalue weighted by atomic mass is 35.5. The van der Waals surface area contributed by atoms with Crippen molar-refractivity contribution < 1.29 is 18.0 Å². The zero-order valence-electron chi connectivity index (χ0n) is 11.3. The predicted molar refractivity (Wildman–Crippen MR) is 78.3 cm³/mol. The van der Waals surface area contributed by atoms with Gasteiger partial charge in [0.1, 0.15) is 0 Å². The van der Waals surface area contributed by atoms with Crippen molar-refractivity contribution in [2.45, 2.75) is 12.6 Å². The van der Waals surface area contributed by atoms with Crippen LogP contribution in [0.5, 0.6) is 0 Å². The lowest BCUT2D eigenvalue weighted by molar-refractivity contribution is -0.137. The van der Waals surface area contributed by atoms with E-state index in [4.69, 9.17) is 11.6 Å². The molecule has 0 radical (unpaired) electrons. The van der Waals surface area contributed by atoms with Crippen molar-refractivity contribution in [3.63, 3.8) is 0 Å². The van der Waals surface area contributed by atoms with Gasteiger partial charge in [0.15, 0.2) is 0 Å². The lowest BCUT2D eigenvalue weighted by Crippen LogP contribution is -2.37. The Bertz CT molecular complexity index is 742. The average molecular weight is 326 g/mol. The summed E-state index contributed by atoms with van der Waals surface area (Å²) in [6, 6.07) is 10.7. The first-order chi connectivity index (χ1) is 10.4. The molecule has 1 heterocycles. The Morgan fingerprint density at radius 1 is 1.09 bits per heavy atom. The molecule has 1 amide bonds. The molecule has 6 heteroatoms. The Morgan fingerprint density at radius 3 is 2.55 bits per heavy atom. The quantitative estimate of drug-likeness (QED) is 0.752. The molecule has 0 saturated carbocycles. The Labute approximate surface area is 130 Å². The molecule has 0 aromatic heterocycles. The van der Waals surface area contributed by atoms with Gasteiger partial charge in [-0.3, -0.25) is 4.79 Å². The standard InChI is InChI=1S/C16H11ClF3NO/c17-14-6-5-11(9-13(14)16(18,19)20)21-8-7-10-3-1-2-4-12(10)15(21)22/h1-6,9H,7-8H2. The van der Waals surface area contributed by atoms with Gasteiger partial charge in [-0.1, -0.05) is 29.8 Å². The maximum Gasteiger partial charge on any atom is 0.417 e. The third-order valence-corrected chi connectivity index (χ3v) is 3.99. The van der Waals surface area contributed by atoms with Crippen LogP contribution in [-0.4, -0.2) is 12.5 Å². The molecular formula is C16H11ClF3NO. The zero-order chi connectivity index (χ0) is 15.9. The predicted octanol–water partition coefficient (Wildman–Crippen LogP) is 4.56. The fourth-order valence-corrected chi connectivity index (χ4v) is 2.80. The van der Waals surface area contributed by atoms with Crippen LogP contribution in [0.1, 0.15) is 21.5 Å². The van der Waals surface area contributed by atoms with Gasteiger partial charge in [-0.15, -0.1) is 0 Å². The van der Waals surface area contributed by atoms with E-state index in [1.165, 1.54) is 17.0 Å². The normalized spacial score (nSPS) is 14.9. The van der Waals surface area contributed by atoms with Crippen molar-refractivity contribution in [2.75, 3.05) is 11.4 Å². The molecule has 114 valence electrons. The molecule has 2 aromatic rings. The van der Waals surface area contributed by atoms with Crippen molar-refractivity contribution in [1.29, 1.82) is 0 Å². The molecular weight excluding hydrogens is 315 g/mol. The number of alkyl halides is 3. The maximum absolute atomic E-state index is 12.9. The fourth-order valence-electron chi connectivity index (χ4n) is 2.57. The largest absolute Gasteiger partial charge is 0.417 e. The van der Waals surface area contributed by atoms with Crippen LogP contribution in [0.25, 0.3) is 0 Å². The van der Waals surface area contributed by atoms with E-state index in [-0.39, 0.29) is 16.6 Å². The molecule has 2 nitrogen and oxygen atoms in total. The van der Waals surface area contributed by atoms with Crippen LogP contribution >= 0.6 is 11.6 Å².